The average Bonchev–Trinajstić information content (AvgIpc) is 1.97. The van der Waals surface area contributed by atoms with Gasteiger partial charge >= 0.3 is 0 Å². The molecule has 0 aliphatic carbocycles. The molecule has 0 aliphatic heterocycles. The Kier molecular flexibility index (Phi) is 5.48. The van der Waals surface area contributed by atoms with Gasteiger partial charge in [-0.05, 0) is 6.42 Å². The van der Waals surface area contributed by atoms with Gasteiger partial charge in [0.15, 0.2) is 0 Å². The maximum atomic E-state index is 8.79. The molecule has 0 spiro atoms. The third-order valence-corrected chi connectivity index (χ3v) is 8.12. The second-order valence-corrected chi connectivity index (χ2v) is 17.0. The van der Waals surface area contributed by atoms with Crippen molar-refractivity contribution in [2.75, 3.05) is 6.61 Å². The fourth-order valence-electron chi connectivity index (χ4n) is 1.40. The fraction of sp³-hybridized carbons (Fsp3) is 1.00. The molecule has 0 unspecified atom stereocenters. The Morgan fingerprint density at radius 2 is 1.38 bits per heavy atom. The van der Waals surface area contributed by atoms with Crippen molar-refractivity contribution in [1.29, 1.82) is 0 Å². The van der Waals surface area contributed by atoms with Crippen molar-refractivity contribution >= 4 is 16.1 Å². The molecule has 3 heteroatoms. The Hall–Kier alpha value is 0.394. The van der Waals surface area contributed by atoms with Crippen LogP contribution < -0.4 is 0 Å². The SMILES string of the molecule is C[Si](C)(C)CC[Si](C)(C)CCCO. The lowest BCUT2D eigenvalue weighted by molar-refractivity contribution is 0.294. The van der Waals surface area contributed by atoms with Gasteiger partial charge in [-0.2, -0.15) is 0 Å². The lowest BCUT2D eigenvalue weighted by Gasteiger charge is -2.26. The molecule has 13 heavy (non-hydrogen) atoms. The molecule has 0 radical (unpaired) electrons. The van der Waals surface area contributed by atoms with Crippen molar-refractivity contribution in [2.24, 2.45) is 0 Å². The summed E-state index contributed by atoms with van der Waals surface area (Å²) in [5, 5.41) is 8.79. The zero-order valence-electron chi connectivity index (χ0n) is 9.98. The monoisotopic (exact) mass is 218 g/mol. The van der Waals surface area contributed by atoms with E-state index in [1.165, 1.54) is 18.1 Å². The van der Waals surface area contributed by atoms with Crippen LogP contribution in [0.3, 0.4) is 0 Å². The normalized spacial score (nSPS) is 13.4. The van der Waals surface area contributed by atoms with E-state index in [2.05, 4.69) is 32.7 Å². The highest BCUT2D eigenvalue weighted by Crippen LogP contribution is 2.24. The molecule has 0 aromatic heterocycles. The molecular formula is C10H26OSi2. The van der Waals surface area contributed by atoms with Crippen LogP contribution in [0.4, 0.5) is 0 Å². The summed E-state index contributed by atoms with van der Waals surface area (Å²) in [6, 6.07) is 4.23. The van der Waals surface area contributed by atoms with Crippen LogP contribution in [0.5, 0.6) is 0 Å². The minimum Gasteiger partial charge on any atom is -0.396 e. The lowest BCUT2D eigenvalue weighted by Crippen LogP contribution is -2.30. The van der Waals surface area contributed by atoms with E-state index in [0.29, 0.717) is 6.61 Å². The van der Waals surface area contributed by atoms with Gasteiger partial charge in [-0.25, -0.2) is 0 Å². The molecule has 0 aliphatic rings. The number of hydrogen-bond acceptors (Lipinski definition) is 1. The Morgan fingerprint density at radius 3 is 1.77 bits per heavy atom. The second kappa shape index (κ2) is 5.32. The molecule has 0 aromatic rings. The van der Waals surface area contributed by atoms with E-state index < -0.39 is 16.1 Å². The Balaban J connectivity index is 3.75. The summed E-state index contributed by atoms with van der Waals surface area (Å²) in [4.78, 5) is 0. The average molecular weight is 218 g/mol. The Labute approximate surface area is 85.6 Å². The van der Waals surface area contributed by atoms with Gasteiger partial charge in [0, 0.05) is 22.8 Å². The molecule has 0 heterocycles. The van der Waals surface area contributed by atoms with Crippen LogP contribution in [0.15, 0.2) is 0 Å². The number of rotatable bonds is 6. The maximum absolute atomic E-state index is 8.79. The van der Waals surface area contributed by atoms with Crippen LogP contribution in [-0.4, -0.2) is 27.9 Å². The van der Waals surface area contributed by atoms with Crippen molar-refractivity contribution < 1.29 is 5.11 Å². The Morgan fingerprint density at radius 1 is 0.846 bits per heavy atom. The molecule has 0 saturated heterocycles. The molecule has 0 saturated carbocycles. The fourth-order valence-corrected chi connectivity index (χ4v) is 8.47. The summed E-state index contributed by atoms with van der Waals surface area (Å²) < 4.78 is 0. The summed E-state index contributed by atoms with van der Waals surface area (Å²) in [7, 11) is -1.79. The van der Waals surface area contributed by atoms with Gasteiger partial charge in [0.05, 0.1) is 0 Å². The first-order valence-corrected chi connectivity index (χ1v) is 12.5. The zero-order valence-corrected chi connectivity index (χ0v) is 12.0. The molecule has 0 aromatic carbocycles. The van der Waals surface area contributed by atoms with E-state index in [1.807, 2.05) is 0 Å². The minimum absolute atomic E-state index is 0.378. The topological polar surface area (TPSA) is 20.2 Å². The number of hydrogen-bond donors (Lipinski definition) is 1. The van der Waals surface area contributed by atoms with Crippen molar-refractivity contribution in [3.63, 3.8) is 0 Å². The van der Waals surface area contributed by atoms with E-state index in [4.69, 9.17) is 5.11 Å². The number of aliphatic hydroxyl groups is 1. The third kappa shape index (κ3) is 8.72. The highest BCUT2D eigenvalue weighted by atomic mass is 28.3. The lowest BCUT2D eigenvalue weighted by atomic mass is 10.5. The van der Waals surface area contributed by atoms with Crippen LogP contribution in [0, 0.1) is 0 Å². The van der Waals surface area contributed by atoms with Crippen molar-refractivity contribution in [3.8, 4) is 0 Å². The molecular weight excluding hydrogens is 192 g/mol. The minimum atomic E-state index is -0.959. The largest absolute Gasteiger partial charge is 0.396 e. The predicted octanol–water partition coefficient (Wildman–Crippen LogP) is 3.42. The molecule has 0 bridgehead atoms. The summed E-state index contributed by atoms with van der Waals surface area (Å²) >= 11 is 0. The predicted molar refractivity (Wildman–Crippen MR) is 67.0 cm³/mol. The van der Waals surface area contributed by atoms with Crippen LogP contribution in [0.25, 0.3) is 0 Å². The first kappa shape index (κ1) is 13.4. The first-order valence-electron chi connectivity index (χ1n) is 5.38. The summed E-state index contributed by atoms with van der Waals surface area (Å²) in [6.45, 7) is 12.6. The molecule has 0 rings (SSSR count). The quantitative estimate of drug-likeness (QED) is 0.677. The van der Waals surface area contributed by atoms with Gasteiger partial charge in [-0.3, -0.25) is 0 Å². The van der Waals surface area contributed by atoms with E-state index in [-0.39, 0.29) is 0 Å². The van der Waals surface area contributed by atoms with Crippen LogP contribution in [0.2, 0.25) is 50.9 Å². The van der Waals surface area contributed by atoms with E-state index >= 15 is 0 Å². The van der Waals surface area contributed by atoms with Crippen LogP contribution >= 0.6 is 0 Å². The van der Waals surface area contributed by atoms with Gasteiger partial charge in [-0.15, -0.1) is 0 Å². The molecule has 0 amide bonds. The van der Waals surface area contributed by atoms with E-state index in [0.717, 1.165) is 6.42 Å². The van der Waals surface area contributed by atoms with Gasteiger partial charge in [0.1, 0.15) is 0 Å². The van der Waals surface area contributed by atoms with Gasteiger partial charge in [-0.1, -0.05) is 50.9 Å². The van der Waals surface area contributed by atoms with Crippen molar-refractivity contribution in [3.05, 3.63) is 0 Å². The van der Waals surface area contributed by atoms with E-state index in [1.54, 1.807) is 0 Å². The molecule has 1 nitrogen and oxygen atoms in total. The molecule has 0 fully saturated rings. The van der Waals surface area contributed by atoms with Gasteiger partial charge in [0.2, 0.25) is 0 Å². The molecule has 0 atom stereocenters. The van der Waals surface area contributed by atoms with Crippen LogP contribution in [0.1, 0.15) is 6.42 Å². The smallest absolute Gasteiger partial charge is 0.0471 e. The molecule has 80 valence electrons. The summed E-state index contributed by atoms with van der Waals surface area (Å²) in [5.74, 6) is 0. The standard InChI is InChI=1S/C10H26OSi2/c1-12(2,3)9-10-13(4,5)8-6-7-11/h11H,6-10H2,1-5H3. The number of aliphatic hydroxyl groups excluding tert-OH is 1. The molecule has 1 N–H and O–H groups in total. The summed E-state index contributed by atoms with van der Waals surface area (Å²) in [6.07, 6.45) is 1.02. The highest BCUT2D eigenvalue weighted by Gasteiger charge is 2.23. The first-order chi connectivity index (χ1) is 5.77. The van der Waals surface area contributed by atoms with Gasteiger partial charge < -0.3 is 5.11 Å². The van der Waals surface area contributed by atoms with Crippen molar-refractivity contribution in [1.82, 2.24) is 0 Å². The Bertz CT molecular complexity index is 138. The van der Waals surface area contributed by atoms with Crippen molar-refractivity contribution in [2.45, 2.75) is 57.3 Å². The third-order valence-electron chi connectivity index (χ3n) is 2.56. The van der Waals surface area contributed by atoms with Crippen LogP contribution in [-0.2, 0) is 0 Å². The maximum Gasteiger partial charge on any atom is 0.0471 e. The summed E-state index contributed by atoms with van der Waals surface area (Å²) in [5.41, 5.74) is 0. The highest BCUT2D eigenvalue weighted by molar-refractivity contribution is 6.82. The zero-order chi connectivity index (χ0) is 10.5. The van der Waals surface area contributed by atoms with Gasteiger partial charge in [0.25, 0.3) is 0 Å². The second-order valence-electron chi connectivity index (χ2n) is 6.05. The van der Waals surface area contributed by atoms with E-state index in [9.17, 15) is 0 Å².